The fraction of sp³-hybridized carbons (Fsp3) is 0.176. The highest BCUT2D eigenvalue weighted by atomic mass is 35.5. The number of carbonyl (C=O) groups excluding carboxylic acids is 2. The van der Waals surface area contributed by atoms with Gasteiger partial charge in [0.1, 0.15) is 12.4 Å². The van der Waals surface area contributed by atoms with E-state index in [-0.39, 0.29) is 28.6 Å². The number of nitrogens with one attached hydrogen (secondary N) is 1. The van der Waals surface area contributed by atoms with Crippen molar-refractivity contribution < 1.29 is 27.5 Å². The number of halogens is 1. The van der Waals surface area contributed by atoms with Crippen LogP contribution < -0.4 is 15.2 Å². The lowest BCUT2D eigenvalue weighted by Gasteiger charge is -2.09. The Morgan fingerprint density at radius 3 is 2.48 bits per heavy atom. The van der Waals surface area contributed by atoms with Gasteiger partial charge >= 0.3 is 5.97 Å². The minimum Gasteiger partial charge on any atom is -0.492 e. The normalized spacial score (nSPS) is 10.9. The molecule has 0 bridgehead atoms. The van der Waals surface area contributed by atoms with Crippen molar-refractivity contribution in [1.29, 1.82) is 0 Å². The maximum Gasteiger partial charge on any atom is 0.340 e. The lowest BCUT2D eigenvalue weighted by molar-refractivity contribution is -0.124. The Labute approximate surface area is 161 Å². The molecule has 3 N–H and O–H groups in total. The van der Waals surface area contributed by atoms with Gasteiger partial charge in [0.05, 0.1) is 22.0 Å². The quantitative estimate of drug-likeness (QED) is 0.498. The highest BCUT2D eigenvalue weighted by molar-refractivity contribution is 7.89. The molecule has 0 aliphatic heterocycles. The van der Waals surface area contributed by atoms with E-state index in [9.17, 15) is 18.0 Å². The molecule has 0 spiro atoms. The van der Waals surface area contributed by atoms with E-state index < -0.39 is 28.5 Å². The Morgan fingerprint density at radius 1 is 1.11 bits per heavy atom. The number of rotatable bonds is 8. The van der Waals surface area contributed by atoms with Gasteiger partial charge in [-0.25, -0.2) is 18.4 Å². The molecule has 1 amide bonds. The van der Waals surface area contributed by atoms with Crippen molar-refractivity contribution in [2.45, 2.75) is 4.90 Å². The van der Waals surface area contributed by atoms with Crippen LogP contribution in [0.15, 0.2) is 53.4 Å². The molecule has 8 nitrogen and oxygen atoms in total. The van der Waals surface area contributed by atoms with Crippen LogP contribution in [0.5, 0.6) is 5.75 Å². The summed E-state index contributed by atoms with van der Waals surface area (Å²) in [6.07, 6.45) is 0. The third kappa shape index (κ3) is 6.55. The van der Waals surface area contributed by atoms with Gasteiger partial charge in [-0.15, -0.1) is 0 Å². The molecule has 0 radical (unpaired) electrons. The zero-order valence-corrected chi connectivity index (χ0v) is 15.6. The first-order valence-electron chi connectivity index (χ1n) is 7.71. The lowest BCUT2D eigenvalue weighted by Crippen LogP contribution is -2.32. The Balaban J connectivity index is 1.80. The summed E-state index contributed by atoms with van der Waals surface area (Å²) < 4.78 is 32.9. The number of benzene rings is 2. The number of carbonyl (C=O) groups is 2. The first-order valence-corrected chi connectivity index (χ1v) is 9.64. The Kier molecular flexibility index (Phi) is 7.17. The third-order valence-corrected chi connectivity index (χ3v) is 4.50. The Hall–Kier alpha value is -2.62. The molecular formula is C17H17ClN2O6S. The summed E-state index contributed by atoms with van der Waals surface area (Å²) in [4.78, 5) is 23.4. The largest absolute Gasteiger partial charge is 0.492 e. The van der Waals surface area contributed by atoms with Crippen LogP contribution in [0.4, 0.5) is 0 Å². The molecule has 0 aliphatic carbocycles. The van der Waals surface area contributed by atoms with Gasteiger partial charge in [-0.05, 0) is 30.3 Å². The second-order valence-electron chi connectivity index (χ2n) is 5.27. The van der Waals surface area contributed by atoms with Gasteiger partial charge in [0.15, 0.2) is 6.61 Å². The fourth-order valence-corrected chi connectivity index (χ4v) is 2.71. The molecule has 0 atom stereocenters. The standard InChI is InChI=1S/C17H17ClN2O6S/c18-15-7-6-13(27(19,23)24)10-14(15)17(22)26-11-16(21)20-8-9-25-12-4-2-1-3-5-12/h1-7,10H,8-9,11H2,(H,20,21)(H2,19,23,24). The van der Waals surface area contributed by atoms with Gasteiger partial charge in [0.25, 0.3) is 5.91 Å². The third-order valence-electron chi connectivity index (χ3n) is 3.26. The summed E-state index contributed by atoms with van der Waals surface area (Å²) in [7, 11) is -4.00. The van der Waals surface area contributed by atoms with Crippen molar-refractivity contribution in [3.63, 3.8) is 0 Å². The number of hydrogen-bond acceptors (Lipinski definition) is 6. The topological polar surface area (TPSA) is 125 Å². The maximum atomic E-state index is 12.0. The van der Waals surface area contributed by atoms with Crippen molar-refractivity contribution in [2.24, 2.45) is 5.14 Å². The maximum absolute atomic E-state index is 12.0. The molecule has 144 valence electrons. The minimum atomic E-state index is -4.00. The van der Waals surface area contributed by atoms with E-state index in [0.717, 1.165) is 12.1 Å². The molecule has 2 aromatic carbocycles. The molecule has 2 rings (SSSR count). The van der Waals surface area contributed by atoms with Crippen molar-refractivity contribution in [3.05, 3.63) is 59.1 Å². The van der Waals surface area contributed by atoms with Gasteiger partial charge in [-0.1, -0.05) is 29.8 Å². The average Bonchev–Trinajstić information content (AvgIpc) is 2.63. The second-order valence-corrected chi connectivity index (χ2v) is 7.24. The van der Waals surface area contributed by atoms with Crippen LogP contribution in [-0.4, -0.2) is 40.1 Å². The Bertz CT molecular complexity index is 918. The monoisotopic (exact) mass is 412 g/mol. The summed E-state index contributed by atoms with van der Waals surface area (Å²) in [5, 5.41) is 7.51. The number of primary sulfonamides is 1. The highest BCUT2D eigenvalue weighted by Crippen LogP contribution is 2.20. The fourth-order valence-electron chi connectivity index (χ4n) is 1.97. The van der Waals surface area contributed by atoms with E-state index in [1.54, 1.807) is 12.1 Å². The molecule has 0 aromatic heterocycles. The van der Waals surface area contributed by atoms with Gasteiger partial charge < -0.3 is 14.8 Å². The van der Waals surface area contributed by atoms with Crippen LogP contribution in [0.2, 0.25) is 5.02 Å². The second kappa shape index (κ2) is 9.36. The van der Waals surface area contributed by atoms with Crippen molar-refractivity contribution in [2.75, 3.05) is 19.8 Å². The molecule has 0 saturated carbocycles. The zero-order chi connectivity index (χ0) is 19.9. The van der Waals surface area contributed by atoms with Gasteiger partial charge in [-0.2, -0.15) is 0 Å². The summed E-state index contributed by atoms with van der Waals surface area (Å²) in [6.45, 7) is -0.0982. The van der Waals surface area contributed by atoms with E-state index >= 15 is 0 Å². The summed E-state index contributed by atoms with van der Waals surface area (Å²) in [5.74, 6) is -0.817. The van der Waals surface area contributed by atoms with E-state index in [0.29, 0.717) is 5.75 Å². The lowest BCUT2D eigenvalue weighted by atomic mass is 10.2. The predicted octanol–water partition coefficient (Wildman–Crippen LogP) is 1.34. The van der Waals surface area contributed by atoms with Gasteiger partial charge in [-0.3, -0.25) is 4.79 Å². The number of ether oxygens (including phenoxy) is 2. The van der Waals surface area contributed by atoms with Crippen LogP contribution in [0, 0.1) is 0 Å². The SMILES string of the molecule is NS(=O)(=O)c1ccc(Cl)c(C(=O)OCC(=O)NCCOc2ccccc2)c1. The first kappa shape index (κ1) is 20.7. The molecule has 10 heteroatoms. The van der Waals surface area contributed by atoms with Crippen molar-refractivity contribution in [3.8, 4) is 5.75 Å². The van der Waals surface area contributed by atoms with E-state index in [2.05, 4.69) is 5.32 Å². The number of esters is 1. The smallest absolute Gasteiger partial charge is 0.340 e. The zero-order valence-electron chi connectivity index (χ0n) is 14.1. The van der Waals surface area contributed by atoms with Crippen LogP contribution >= 0.6 is 11.6 Å². The molecule has 0 unspecified atom stereocenters. The molecule has 0 heterocycles. The van der Waals surface area contributed by atoms with Crippen molar-refractivity contribution in [1.82, 2.24) is 5.32 Å². The van der Waals surface area contributed by atoms with E-state index in [4.69, 9.17) is 26.2 Å². The first-order chi connectivity index (χ1) is 12.8. The number of para-hydroxylation sites is 1. The molecule has 27 heavy (non-hydrogen) atoms. The molecule has 0 saturated heterocycles. The van der Waals surface area contributed by atoms with Crippen LogP contribution in [0.3, 0.4) is 0 Å². The molecule has 0 aliphatic rings. The van der Waals surface area contributed by atoms with Crippen LogP contribution in [0.25, 0.3) is 0 Å². The number of hydrogen-bond donors (Lipinski definition) is 2. The number of amides is 1. The summed E-state index contributed by atoms with van der Waals surface area (Å²) >= 11 is 5.86. The molecular weight excluding hydrogens is 396 g/mol. The Morgan fingerprint density at radius 2 is 1.81 bits per heavy atom. The van der Waals surface area contributed by atoms with Crippen LogP contribution in [0.1, 0.15) is 10.4 Å². The van der Waals surface area contributed by atoms with E-state index in [1.807, 2.05) is 18.2 Å². The number of sulfonamides is 1. The average molecular weight is 413 g/mol. The predicted molar refractivity (Wildman–Crippen MR) is 98.1 cm³/mol. The van der Waals surface area contributed by atoms with Crippen LogP contribution in [-0.2, 0) is 19.6 Å². The minimum absolute atomic E-state index is 0.0240. The van der Waals surface area contributed by atoms with Gasteiger partial charge in [0, 0.05) is 0 Å². The highest BCUT2D eigenvalue weighted by Gasteiger charge is 2.18. The van der Waals surface area contributed by atoms with Crippen molar-refractivity contribution >= 4 is 33.5 Å². The van der Waals surface area contributed by atoms with Gasteiger partial charge in [0.2, 0.25) is 10.0 Å². The molecule has 2 aromatic rings. The summed E-state index contributed by atoms with van der Waals surface area (Å²) in [6, 6.07) is 12.4. The summed E-state index contributed by atoms with van der Waals surface area (Å²) in [5.41, 5.74) is -0.205. The molecule has 0 fully saturated rings. The number of nitrogens with two attached hydrogens (primary N) is 1. The van der Waals surface area contributed by atoms with E-state index in [1.165, 1.54) is 6.07 Å².